The van der Waals surface area contributed by atoms with Gasteiger partial charge in [-0.15, -0.1) is 0 Å². The van der Waals surface area contributed by atoms with Crippen molar-refractivity contribution in [2.24, 2.45) is 0 Å². The van der Waals surface area contributed by atoms with Crippen LogP contribution in [0.2, 0.25) is 0 Å². The van der Waals surface area contributed by atoms with Gasteiger partial charge in [-0.1, -0.05) is 42.5 Å². The number of likely N-dealkylation sites (tertiary alicyclic amines) is 1. The summed E-state index contributed by atoms with van der Waals surface area (Å²) >= 11 is 0. The van der Waals surface area contributed by atoms with Crippen molar-refractivity contribution in [2.45, 2.75) is 31.8 Å². The molecular weight excluding hydrogens is 386 g/mol. The Bertz CT molecular complexity index is 1070. The molecule has 1 aromatic heterocycles. The van der Waals surface area contributed by atoms with E-state index in [0.29, 0.717) is 6.54 Å². The van der Waals surface area contributed by atoms with Gasteiger partial charge in [0.05, 0.1) is 12.8 Å². The van der Waals surface area contributed by atoms with Crippen LogP contribution in [-0.4, -0.2) is 36.5 Å². The van der Waals surface area contributed by atoms with Crippen LogP contribution in [-0.2, 0) is 16.9 Å². The Balaban J connectivity index is 1.76. The van der Waals surface area contributed by atoms with Gasteiger partial charge >= 0.3 is 0 Å². The van der Waals surface area contributed by atoms with Crippen LogP contribution in [0.1, 0.15) is 29.8 Å². The first kappa shape index (κ1) is 21.1. The number of ether oxygens (including phenoxy) is 1. The zero-order chi connectivity index (χ0) is 21.8. The fourth-order valence-corrected chi connectivity index (χ4v) is 4.65. The fourth-order valence-electron chi connectivity index (χ4n) is 4.65. The molecule has 1 N–H and O–H groups in total. The summed E-state index contributed by atoms with van der Waals surface area (Å²) < 4.78 is 5.68. The molecule has 0 saturated carbocycles. The van der Waals surface area contributed by atoms with Crippen molar-refractivity contribution in [2.75, 3.05) is 20.7 Å². The van der Waals surface area contributed by atoms with E-state index in [1.165, 1.54) is 0 Å². The van der Waals surface area contributed by atoms with Crippen LogP contribution in [0, 0.1) is 6.92 Å². The van der Waals surface area contributed by atoms with Gasteiger partial charge in [0.1, 0.15) is 11.3 Å². The number of aromatic nitrogens is 1. The molecule has 1 aliphatic rings. The number of benzene rings is 2. The third kappa shape index (κ3) is 3.93. The predicted molar refractivity (Wildman–Crippen MR) is 123 cm³/mol. The van der Waals surface area contributed by atoms with Gasteiger partial charge in [0.25, 0.3) is 0 Å². The van der Waals surface area contributed by atoms with Crippen molar-refractivity contribution in [3.8, 4) is 16.9 Å². The molecule has 1 fully saturated rings. The molecule has 5 heteroatoms. The maximum absolute atomic E-state index is 13.3. The Morgan fingerprint density at radius 1 is 1.10 bits per heavy atom. The number of pyridine rings is 1. The van der Waals surface area contributed by atoms with E-state index in [4.69, 9.17) is 9.72 Å². The first-order valence-electron chi connectivity index (χ1n) is 10.7. The van der Waals surface area contributed by atoms with Gasteiger partial charge in [0.2, 0.25) is 5.91 Å². The van der Waals surface area contributed by atoms with E-state index in [1.807, 2.05) is 49.4 Å². The third-order valence-corrected chi connectivity index (χ3v) is 6.17. The van der Waals surface area contributed by atoms with Crippen LogP contribution in [0.5, 0.6) is 5.75 Å². The molecule has 1 amide bonds. The Morgan fingerprint density at radius 2 is 1.90 bits per heavy atom. The molecule has 1 unspecified atom stereocenters. The molecule has 0 radical (unpaired) electrons. The van der Waals surface area contributed by atoms with E-state index >= 15 is 0 Å². The minimum Gasteiger partial charge on any atom is -0.496 e. The maximum atomic E-state index is 13.3. The standard InChI is InChI=1S/C26H29N3O2/c1-19-9-7-12-24(28-19)26(25(30)27-2)15-8-16-29(26)18-22-17-21(13-14-23(22)31-3)20-10-5-4-6-11-20/h4-7,9-14,17H,8,15-16,18H2,1-3H3,(H,27,30). The van der Waals surface area contributed by atoms with E-state index in [9.17, 15) is 4.79 Å². The van der Waals surface area contributed by atoms with E-state index in [1.54, 1.807) is 14.2 Å². The Hall–Kier alpha value is -3.18. The van der Waals surface area contributed by atoms with Crippen molar-refractivity contribution in [3.05, 3.63) is 83.7 Å². The van der Waals surface area contributed by atoms with Crippen LogP contribution in [0.4, 0.5) is 0 Å². The van der Waals surface area contributed by atoms with Crippen LogP contribution in [0.25, 0.3) is 11.1 Å². The molecule has 3 aromatic rings. The molecule has 1 saturated heterocycles. The lowest BCUT2D eigenvalue weighted by atomic mass is 9.89. The lowest BCUT2D eigenvalue weighted by Gasteiger charge is -2.37. The van der Waals surface area contributed by atoms with Crippen molar-refractivity contribution >= 4 is 5.91 Å². The fraction of sp³-hybridized carbons (Fsp3) is 0.308. The second-order valence-corrected chi connectivity index (χ2v) is 8.02. The number of rotatable bonds is 6. The third-order valence-electron chi connectivity index (χ3n) is 6.17. The van der Waals surface area contributed by atoms with Crippen molar-refractivity contribution in [1.29, 1.82) is 0 Å². The van der Waals surface area contributed by atoms with E-state index < -0.39 is 5.54 Å². The lowest BCUT2D eigenvalue weighted by molar-refractivity contribution is -0.132. The molecule has 2 aromatic carbocycles. The highest BCUT2D eigenvalue weighted by atomic mass is 16.5. The summed E-state index contributed by atoms with van der Waals surface area (Å²) in [5.41, 5.74) is 4.29. The smallest absolute Gasteiger partial charge is 0.246 e. The summed E-state index contributed by atoms with van der Waals surface area (Å²) in [6, 6.07) is 22.5. The van der Waals surface area contributed by atoms with E-state index in [2.05, 4.69) is 34.5 Å². The number of carbonyl (C=O) groups is 1. The van der Waals surface area contributed by atoms with Crippen LogP contribution < -0.4 is 10.1 Å². The molecule has 1 aliphatic heterocycles. The van der Waals surface area contributed by atoms with Gasteiger partial charge in [-0.05, 0) is 61.7 Å². The number of methoxy groups -OCH3 is 1. The van der Waals surface area contributed by atoms with Gasteiger partial charge in [-0.25, -0.2) is 0 Å². The Labute approximate surface area is 184 Å². The summed E-state index contributed by atoms with van der Waals surface area (Å²) in [5, 5.41) is 2.90. The van der Waals surface area contributed by atoms with Crippen LogP contribution >= 0.6 is 0 Å². The predicted octanol–water partition coefficient (Wildman–Crippen LogP) is 4.30. The van der Waals surface area contributed by atoms with E-state index in [-0.39, 0.29) is 5.91 Å². The second kappa shape index (κ2) is 8.90. The minimum absolute atomic E-state index is 0.0127. The van der Waals surface area contributed by atoms with Crippen molar-refractivity contribution in [3.63, 3.8) is 0 Å². The molecule has 0 aliphatic carbocycles. The number of nitrogens with zero attached hydrogens (tertiary/aromatic N) is 2. The van der Waals surface area contributed by atoms with E-state index in [0.717, 1.165) is 53.2 Å². The Kier molecular flexibility index (Phi) is 6.05. The number of hydrogen-bond donors (Lipinski definition) is 1. The molecular formula is C26H29N3O2. The molecule has 1 atom stereocenters. The first-order chi connectivity index (χ1) is 15.1. The normalized spacial score (nSPS) is 18.7. The van der Waals surface area contributed by atoms with Crippen LogP contribution in [0.15, 0.2) is 66.7 Å². The highest BCUT2D eigenvalue weighted by molar-refractivity contribution is 5.87. The average molecular weight is 416 g/mol. The van der Waals surface area contributed by atoms with Gasteiger partial charge in [0, 0.05) is 24.8 Å². The zero-order valence-electron chi connectivity index (χ0n) is 18.4. The van der Waals surface area contributed by atoms with Gasteiger partial charge in [-0.3, -0.25) is 14.7 Å². The summed E-state index contributed by atoms with van der Waals surface area (Å²) in [5.74, 6) is 0.816. The van der Waals surface area contributed by atoms with Gasteiger partial charge < -0.3 is 10.1 Å². The number of aryl methyl sites for hydroxylation is 1. The molecule has 0 spiro atoms. The van der Waals surface area contributed by atoms with Crippen molar-refractivity contribution < 1.29 is 9.53 Å². The highest BCUT2D eigenvalue weighted by Gasteiger charge is 2.49. The zero-order valence-corrected chi connectivity index (χ0v) is 18.4. The number of nitrogens with one attached hydrogen (secondary N) is 1. The number of likely N-dealkylation sites (N-methyl/N-ethyl adjacent to an activating group) is 1. The molecule has 4 rings (SSSR count). The summed E-state index contributed by atoms with van der Waals surface area (Å²) in [4.78, 5) is 20.3. The van der Waals surface area contributed by atoms with Gasteiger partial charge in [-0.2, -0.15) is 0 Å². The number of carbonyl (C=O) groups excluding carboxylic acids is 1. The molecule has 31 heavy (non-hydrogen) atoms. The lowest BCUT2D eigenvalue weighted by Crippen LogP contribution is -2.52. The molecule has 160 valence electrons. The summed E-state index contributed by atoms with van der Waals surface area (Å²) in [7, 11) is 3.39. The highest BCUT2D eigenvalue weighted by Crippen LogP contribution is 2.41. The maximum Gasteiger partial charge on any atom is 0.246 e. The monoisotopic (exact) mass is 415 g/mol. The largest absolute Gasteiger partial charge is 0.496 e. The SMILES string of the molecule is CNC(=O)C1(c2cccc(C)n2)CCCN1Cc1cc(-c2ccccc2)ccc1OC. The molecule has 5 nitrogen and oxygen atoms in total. The second-order valence-electron chi connectivity index (χ2n) is 8.02. The Morgan fingerprint density at radius 3 is 2.61 bits per heavy atom. The topological polar surface area (TPSA) is 54.5 Å². The average Bonchev–Trinajstić information content (AvgIpc) is 3.23. The molecule has 0 bridgehead atoms. The molecule has 2 heterocycles. The number of hydrogen-bond acceptors (Lipinski definition) is 4. The van der Waals surface area contributed by atoms with Gasteiger partial charge in [0.15, 0.2) is 0 Å². The summed E-state index contributed by atoms with van der Waals surface area (Å²) in [6.07, 6.45) is 1.67. The number of amides is 1. The minimum atomic E-state index is -0.783. The summed E-state index contributed by atoms with van der Waals surface area (Å²) in [6.45, 7) is 3.39. The van der Waals surface area contributed by atoms with Crippen LogP contribution in [0.3, 0.4) is 0 Å². The first-order valence-corrected chi connectivity index (χ1v) is 10.7. The van der Waals surface area contributed by atoms with Crippen molar-refractivity contribution in [1.82, 2.24) is 15.2 Å². The quantitative estimate of drug-likeness (QED) is 0.652.